The number of carbonyl (C=O) groups is 2. The van der Waals surface area contributed by atoms with Gasteiger partial charge in [0.15, 0.2) is 22.0 Å². The highest BCUT2D eigenvalue weighted by atomic mass is 35.5. The zero-order valence-corrected chi connectivity index (χ0v) is 17.7. The molecule has 0 aliphatic heterocycles. The van der Waals surface area contributed by atoms with Crippen LogP contribution >= 0.6 is 34.5 Å². The number of benzene rings is 2. The molecule has 1 aliphatic carbocycles. The molecular formula is C22H11Cl2NO4S. The molecule has 1 aliphatic rings. The number of thiophene rings is 1. The van der Waals surface area contributed by atoms with Crippen LogP contribution in [0.2, 0.25) is 10.0 Å². The van der Waals surface area contributed by atoms with Gasteiger partial charge in [0.25, 0.3) is 0 Å². The third-order valence-electron chi connectivity index (χ3n) is 4.77. The van der Waals surface area contributed by atoms with Crippen molar-refractivity contribution < 1.29 is 18.7 Å². The van der Waals surface area contributed by atoms with Gasteiger partial charge in [-0.25, -0.2) is 0 Å². The number of methoxy groups -OCH3 is 1. The van der Waals surface area contributed by atoms with Gasteiger partial charge in [0.1, 0.15) is 5.75 Å². The summed E-state index contributed by atoms with van der Waals surface area (Å²) in [6, 6.07) is 12.0. The van der Waals surface area contributed by atoms with Crippen LogP contribution in [0.25, 0.3) is 27.9 Å². The number of nitrogens with zero attached hydrogens (tertiary/aromatic N) is 1. The van der Waals surface area contributed by atoms with E-state index in [0.717, 1.165) is 11.3 Å². The molecule has 0 N–H and O–H groups in total. The molecule has 5 rings (SSSR count). The SMILES string of the molecule is COc1ccc(-c2nc3sc(C=C4C(=O)c5cc(Cl)c(Cl)cc5C4=O)cc3o2)cc1. The molecule has 0 saturated carbocycles. The Morgan fingerprint density at radius 3 is 2.20 bits per heavy atom. The number of ketones is 2. The number of allylic oxidation sites excluding steroid dienone is 1. The molecule has 0 saturated heterocycles. The summed E-state index contributed by atoms with van der Waals surface area (Å²) in [6.45, 7) is 0. The smallest absolute Gasteiger partial charge is 0.228 e. The number of halogens is 2. The lowest BCUT2D eigenvalue weighted by atomic mass is 10.1. The first-order chi connectivity index (χ1) is 14.4. The zero-order valence-electron chi connectivity index (χ0n) is 15.4. The number of fused-ring (bicyclic) bond motifs is 2. The van der Waals surface area contributed by atoms with Crippen LogP contribution in [0.4, 0.5) is 0 Å². The molecule has 0 spiro atoms. The van der Waals surface area contributed by atoms with Crippen molar-refractivity contribution in [2.24, 2.45) is 0 Å². The van der Waals surface area contributed by atoms with Crippen molar-refractivity contribution in [3.05, 3.63) is 74.1 Å². The van der Waals surface area contributed by atoms with E-state index >= 15 is 0 Å². The standard InChI is InChI=1S/C22H11Cl2NO4S/c1-28-11-4-2-10(3-5-11)21-25-22-18(29-21)7-12(30-22)6-15-19(26)13-8-16(23)17(24)9-14(13)20(15)27/h2-9H,1H3. The molecule has 2 heterocycles. The Balaban J connectivity index is 1.48. The van der Waals surface area contributed by atoms with Crippen molar-refractivity contribution in [1.82, 2.24) is 4.98 Å². The number of oxazole rings is 1. The maximum Gasteiger partial charge on any atom is 0.228 e. The number of ether oxygens (including phenoxy) is 1. The van der Waals surface area contributed by atoms with Crippen LogP contribution in [-0.4, -0.2) is 23.7 Å². The monoisotopic (exact) mass is 455 g/mol. The minimum Gasteiger partial charge on any atom is -0.497 e. The van der Waals surface area contributed by atoms with Crippen LogP contribution < -0.4 is 4.74 Å². The van der Waals surface area contributed by atoms with E-state index in [2.05, 4.69) is 4.98 Å². The van der Waals surface area contributed by atoms with Gasteiger partial charge in [-0.1, -0.05) is 23.2 Å². The number of aromatic nitrogens is 1. The number of Topliss-reactive ketones (excluding diaryl/α,β-unsaturated/α-hetero) is 2. The van der Waals surface area contributed by atoms with Gasteiger partial charge >= 0.3 is 0 Å². The first-order valence-corrected chi connectivity index (χ1v) is 10.4. The number of carbonyl (C=O) groups excluding carboxylic acids is 2. The van der Waals surface area contributed by atoms with Gasteiger partial charge in [-0.3, -0.25) is 9.59 Å². The Morgan fingerprint density at radius 2 is 1.63 bits per heavy atom. The van der Waals surface area contributed by atoms with E-state index in [0.29, 0.717) is 21.2 Å². The second-order valence-corrected chi connectivity index (χ2v) is 8.47. The van der Waals surface area contributed by atoms with Gasteiger partial charge in [0.05, 0.1) is 22.7 Å². The van der Waals surface area contributed by atoms with Gasteiger partial charge in [-0.2, -0.15) is 4.98 Å². The molecule has 2 aromatic carbocycles. The lowest BCUT2D eigenvalue weighted by Crippen LogP contribution is -1.99. The average Bonchev–Trinajstić information content (AvgIpc) is 3.37. The minimum absolute atomic E-state index is 0.0719. The van der Waals surface area contributed by atoms with Crippen molar-refractivity contribution in [1.29, 1.82) is 0 Å². The van der Waals surface area contributed by atoms with E-state index in [-0.39, 0.29) is 38.3 Å². The van der Waals surface area contributed by atoms with Gasteiger partial charge in [-0.05, 0) is 42.5 Å². The topological polar surface area (TPSA) is 69.4 Å². The van der Waals surface area contributed by atoms with Crippen molar-refractivity contribution in [3.8, 4) is 17.2 Å². The van der Waals surface area contributed by atoms with Crippen LogP contribution in [0.5, 0.6) is 5.75 Å². The van der Waals surface area contributed by atoms with E-state index in [4.69, 9.17) is 32.4 Å². The average molecular weight is 456 g/mol. The van der Waals surface area contributed by atoms with E-state index in [1.165, 1.54) is 23.5 Å². The molecule has 0 radical (unpaired) electrons. The third-order valence-corrected chi connectivity index (χ3v) is 6.45. The summed E-state index contributed by atoms with van der Waals surface area (Å²) in [7, 11) is 1.60. The largest absolute Gasteiger partial charge is 0.497 e. The van der Waals surface area contributed by atoms with Crippen molar-refractivity contribution in [2.75, 3.05) is 7.11 Å². The summed E-state index contributed by atoms with van der Waals surface area (Å²) in [4.78, 5) is 31.2. The second-order valence-electron chi connectivity index (χ2n) is 6.59. The summed E-state index contributed by atoms with van der Waals surface area (Å²) in [6.07, 6.45) is 1.56. The summed E-state index contributed by atoms with van der Waals surface area (Å²) < 4.78 is 11.0. The zero-order chi connectivity index (χ0) is 21.0. The maximum atomic E-state index is 12.7. The summed E-state index contributed by atoms with van der Waals surface area (Å²) in [5, 5.41) is 0.475. The highest BCUT2D eigenvalue weighted by Gasteiger charge is 2.34. The summed E-state index contributed by atoms with van der Waals surface area (Å²) in [5.74, 6) is 0.495. The van der Waals surface area contributed by atoms with Crippen LogP contribution in [-0.2, 0) is 0 Å². The Morgan fingerprint density at radius 1 is 1.00 bits per heavy atom. The Hall–Kier alpha value is -2.93. The van der Waals surface area contributed by atoms with E-state index in [1.54, 1.807) is 19.3 Å². The number of rotatable bonds is 3. The first kappa shape index (κ1) is 19.1. The van der Waals surface area contributed by atoms with Gasteiger partial charge in [-0.15, -0.1) is 11.3 Å². The quantitative estimate of drug-likeness (QED) is 0.266. The fourth-order valence-electron chi connectivity index (χ4n) is 3.27. The fourth-order valence-corrected chi connectivity index (χ4v) is 4.49. The van der Waals surface area contributed by atoms with Crippen LogP contribution in [0.15, 0.2) is 52.5 Å². The molecule has 2 aromatic heterocycles. The fraction of sp³-hybridized carbons (Fsp3) is 0.0455. The Kier molecular flexibility index (Phi) is 4.50. The summed E-state index contributed by atoms with van der Waals surface area (Å²) in [5.41, 5.74) is 2.01. The van der Waals surface area contributed by atoms with Gasteiger partial charge in [0.2, 0.25) is 5.89 Å². The molecule has 148 valence electrons. The second kappa shape index (κ2) is 7.09. The number of hydrogen-bond acceptors (Lipinski definition) is 6. The lowest BCUT2D eigenvalue weighted by molar-refractivity contribution is 0.0990. The van der Waals surface area contributed by atoms with Crippen LogP contribution in [0.1, 0.15) is 25.6 Å². The van der Waals surface area contributed by atoms with E-state index in [9.17, 15) is 9.59 Å². The molecule has 5 nitrogen and oxygen atoms in total. The van der Waals surface area contributed by atoms with E-state index < -0.39 is 0 Å². The van der Waals surface area contributed by atoms with Crippen LogP contribution in [0.3, 0.4) is 0 Å². The minimum atomic E-state index is -0.370. The Labute approximate surface area is 184 Å². The molecule has 8 heteroatoms. The third kappa shape index (κ3) is 3.04. The lowest BCUT2D eigenvalue weighted by Gasteiger charge is -1.99. The highest BCUT2D eigenvalue weighted by molar-refractivity contribution is 7.19. The maximum absolute atomic E-state index is 12.7. The van der Waals surface area contributed by atoms with Crippen molar-refractivity contribution in [2.45, 2.75) is 0 Å². The van der Waals surface area contributed by atoms with Crippen LogP contribution in [0, 0.1) is 0 Å². The predicted molar refractivity (Wildman–Crippen MR) is 117 cm³/mol. The van der Waals surface area contributed by atoms with Gasteiger partial charge in [0, 0.05) is 27.6 Å². The first-order valence-electron chi connectivity index (χ1n) is 8.79. The van der Waals surface area contributed by atoms with E-state index in [1.807, 2.05) is 24.3 Å². The molecule has 4 aromatic rings. The molecule has 0 fully saturated rings. The molecule has 0 unspecified atom stereocenters. The molecule has 0 bridgehead atoms. The predicted octanol–water partition coefficient (Wildman–Crippen LogP) is 6.33. The molecule has 0 atom stereocenters. The summed E-state index contributed by atoms with van der Waals surface area (Å²) >= 11 is 13.3. The highest BCUT2D eigenvalue weighted by Crippen LogP contribution is 2.36. The molecular weight excluding hydrogens is 445 g/mol. The normalized spacial score (nSPS) is 13.2. The molecule has 0 amide bonds. The van der Waals surface area contributed by atoms with Crippen molar-refractivity contribution in [3.63, 3.8) is 0 Å². The Bertz CT molecular complexity index is 1310. The molecule has 30 heavy (non-hydrogen) atoms. The van der Waals surface area contributed by atoms with Gasteiger partial charge < -0.3 is 9.15 Å². The number of hydrogen-bond donors (Lipinski definition) is 0. The van der Waals surface area contributed by atoms with Crippen molar-refractivity contribution >= 4 is 62.6 Å².